The van der Waals surface area contributed by atoms with Crippen molar-refractivity contribution < 1.29 is 8.78 Å². The van der Waals surface area contributed by atoms with E-state index in [0.29, 0.717) is 35.0 Å². The van der Waals surface area contributed by atoms with E-state index in [2.05, 4.69) is 30.2 Å². The van der Waals surface area contributed by atoms with Crippen LogP contribution >= 0.6 is 0 Å². The van der Waals surface area contributed by atoms with Crippen molar-refractivity contribution in [2.75, 3.05) is 5.32 Å². The molecule has 0 aliphatic rings. The Morgan fingerprint density at radius 2 is 1.78 bits per heavy atom. The number of nitrogens with one attached hydrogen (secondary N) is 1. The summed E-state index contributed by atoms with van der Waals surface area (Å²) in [5, 5.41) is 4.03. The van der Waals surface area contributed by atoms with E-state index in [-0.39, 0.29) is 5.56 Å². The Balaban J connectivity index is 1.63. The zero-order valence-electron chi connectivity index (χ0n) is 16.7. The van der Waals surface area contributed by atoms with Crippen LogP contribution in [0.3, 0.4) is 0 Å². The second kappa shape index (κ2) is 8.43. The summed E-state index contributed by atoms with van der Waals surface area (Å²) in [5.74, 6) is -0.856. The van der Waals surface area contributed by atoms with E-state index in [4.69, 9.17) is 0 Å². The number of fused-ring (bicyclic) bond motifs is 1. The number of pyridine rings is 1. The first kappa shape index (κ1) is 19.6. The molecule has 156 valence electrons. The largest absolute Gasteiger partial charge is 0.364 e. The quantitative estimate of drug-likeness (QED) is 0.424. The Labute approximate surface area is 182 Å². The molecule has 32 heavy (non-hydrogen) atoms. The van der Waals surface area contributed by atoms with E-state index in [1.54, 1.807) is 43.0 Å². The van der Waals surface area contributed by atoms with E-state index >= 15 is 0 Å². The average Bonchev–Trinajstić information content (AvgIpc) is 2.85. The monoisotopic (exact) mass is 426 g/mol. The molecule has 8 heteroatoms. The fourth-order valence-corrected chi connectivity index (χ4v) is 3.36. The minimum atomic E-state index is -0.900. The summed E-state index contributed by atoms with van der Waals surface area (Å²) in [5.41, 5.74) is 2.57. The Bertz CT molecular complexity index is 1390. The van der Waals surface area contributed by atoms with Crippen LogP contribution in [0.25, 0.3) is 33.5 Å². The van der Waals surface area contributed by atoms with Crippen molar-refractivity contribution in [2.24, 2.45) is 0 Å². The third kappa shape index (κ3) is 3.85. The second-order valence-corrected chi connectivity index (χ2v) is 6.99. The molecule has 5 rings (SSSR count). The molecule has 5 aromatic rings. The first-order valence-corrected chi connectivity index (χ1v) is 9.85. The highest BCUT2D eigenvalue weighted by molar-refractivity contribution is 5.93. The van der Waals surface area contributed by atoms with Crippen molar-refractivity contribution in [3.63, 3.8) is 0 Å². The normalized spacial score (nSPS) is 10.9. The van der Waals surface area contributed by atoms with E-state index in [1.807, 2.05) is 18.2 Å². The summed E-state index contributed by atoms with van der Waals surface area (Å²) in [6.45, 7) is 0.452. The van der Waals surface area contributed by atoms with Gasteiger partial charge in [0.05, 0.1) is 24.0 Å². The minimum absolute atomic E-state index is 0.162. The van der Waals surface area contributed by atoms with Crippen molar-refractivity contribution in [3.8, 4) is 22.6 Å². The molecule has 6 nitrogen and oxygen atoms in total. The standard InChI is InChI=1S/C24H16F2N6/c25-19-6-3-5-17(22(19)26)15-7-8-18-20(12-15)31-24(21-14-27-10-11-29-21)32-23(18)30-13-16-4-1-2-9-28-16/h1-12,14H,13H2,(H,30,31,32). The third-order valence-electron chi connectivity index (χ3n) is 4.91. The lowest BCUT2D eigenvalue weighted by Gasteiger charge is -2.12. The number of halogens is 2. The molecule has 0 bridgehead atoms. The van der Waals surface area contributed by atoms with Gasteiger partial charge in [-0.3, -0.25) is 9.97 Å². The van der Waals surface area contributed by atoms with E-state index < -0.39 is 11.6 Å². The zero-order valence-corrected chi connectivity index (χ0v) is 16.7. The van der Waals surface area contributed by atoms with Gasteiger partial charge in [0.1, 0.15) is 11.5 Å². The molecule has 0 saturated heterocycles. The Kier molecular flexibility index (Phi) is 5.17. The summed E-state index contributed by atoms with van der Waals surface area (Å²) in [7, 11) is 0. The summed E-state index contributed by atoms with van der Waals surface area (Å²) < 4.78 is 28.1. The number of hydrogen-bond acceptors (Lipinski definition) is 6. The summed E-state index contributed by atoms with van der Waals surface area (Å²) in [4.78, 5) is 21.9. The first-order chi connectivity index (χ1) is 15.7. The third-order valence-corrected chi connectivity index (χ3v) is 4.91. The van der Waals surface area contributed by atoms with Gasteiger partial charge in [0.15, 0.2) is 17.5 Å². The maximum atomic E-state index is 14.4. The van der Waals surface area contributed by atoms with Gasteiger partial charge in [-0.2, -0.15) is 0 Å². The molecule has 1 N–H and O–H groups in total. The van der Waals surface area contributed by atoms with Gasteiger partial charge in [0.2, 0.25) is 0 Å². The molecule has 2 aromatic carbocycles. The summed E-state index contributed by atoms with van der Waals surface area (Å²) in [6, 6.07) is 15.0. The predicted octanol–water partition coefficient (Wildman–Crippen LogP) is 5.04. The lowest BCUT2D eigenvalue weighted by molar-refractivity contribution is 0.511. The van der Waals surface area contributed by atoms with Crippen molar-refractivity contribution in [1.29, 1.82) is 0 Å². The van der Waals surface area contributed by atoms with Gasteiger partial charge < -0.3 is 5.32 Å². The van der Waals surface area contributed by atoms with Crippen molar-refractivity contribution >= 4 is 16.7 Å². The zero-order chi connectivity index (χ0) is 21.9. The molecule has 0 radical (unpaired) electrons. The molecule has 3 heterocycles. The van der Waals surface area contributed by atoms with Gasteiger partial charge in [0.25, 0.3) is 0 Å². The second-order valence-electron chi connectivity index (χ2n) is 6.99. The van der Waals surface area contributed by atoms with Gasteiger partial charge in [-0.1, -0.05) is 24.3 Å². The maximum absolute atomic E-state index is 14.4. The molecule has 0 unspecified atom stereocenters. The molecular formula is C24H16F2N6. The molecule has 0 saturated carbocycles. The number of anilines is 1. The first-order valence-electron chi connectivity index (χ1n) is 9.85. The molecule has 0 spiro atoms. The van der Waals surface area contributed by atoms with Crippen LogP contribution in [0.1, 0.15) is 5.69 Å². The van der Waals surface area contributed by atoms with Crippen molar-refractivity contribution in [3.05, 3.63) is 96.7 Å². The van der Waals surface area contributed by atoms with Gasteiger partial charge >= 0.3 is 0 Å². The van der Waals surface area contributed by atoms with Crippen LogP contribution in [-0.4, -0.2) is 24.9 Å². The highest BCUT2D eigenvalue weighted by atomic mass is 19.2. The fraction of sp³-hybridized carbons (Fsp3) is 0.0417. The van der Waals surface area contributed by atoms with Crippen LogP contribution in [0.4, 0.5) is 14.6 Å². The van der Waals surface area contributed by atoms with Crippen LogP contribution in [0.15, 0.2) is 79.4 Å². The van der Waals surface area contributed by atoms with Gasteiger partial charge in [-0.15, -0.1) is 0 Å². The lowest BCUT2D eigenvalue weighted by Crippen LogP contribution is -2.06. The molecular weight excluding hydrogens is 410 g/mol. The van der Waals surface area contributed by atoms with E-state index in [0.717, 1.165) is 17.1 Å². The van der Waals surface area contributed by atoms with Crippen LogP contribution in [-0.2, 0) is 6.54 Å². The SMILES string of the molecule is Fc1cccc(-c2ccc3c(NCc4ccccn4)nc(-c4cnccn4)nc3c2)c1F. The minimum Gasteiger partial charge on any atom is -0.364 e. The molecule has 3 aromatic heterocycles. The fourth-order valence-electron chi connectivity index (χ4n) is 3.36. The Morgan fingerprint density at radius 3 is 2.59 bits per heavy atom. The Morgan fingerprint density at radius 1 is 0.844 bits per heavy atom. The van der Waals surface area contributed by atoms with Crippen molar-refractivity contribution in [1.82, 2.24) is 24.9 Å². The molecule has 0 amide bonds. The molecule has 0 fully saturated rings. The number of nitrogens with zero attached hydrogens (tertiary/aromatic N) is 5. The Hall–Kier alpha value is -4.33. The number of hydrogen-bond donors (Lipinski definition) is 1. The number of rotatable bonds is 5. The average molecular weight is 426 g/mol. The summed E-state index contributed by atoms with van der Waals surface area (Å²) >= 11 is 0. The van der Waals surface area contributed by atoms with Gasteiger partial charge in [-0.25, -0.2) is 23.7 Å². The van der Waals surface area contributed by atoms with Crippen LogP contribution in [0.5, 0.6) is 0 Å². The van der Waals surface area contributed by atoms with E-state index in [1.165, 1.54) is 12.1 Å². The van der Waals surface area contributed by atoms with Gasteiger partial charge in [-0.05, 0) is 35.9 Å². The predicted molar refractivity (Wildman–Crippen MR) is 117 cm³/mol. The summed E-state index contributed by atoms with van der Waals surface area (Å²) in [6.07, 6.45) is 6.41. The highest BCUT2D eigenvalue weighted by Crippen LogP contribution is 2.30. The maximum Gasteiger partial charge on any atom is 0.182 e. The van der Waals surface area contributed by atoms with Crippen molar-refractivity contribution in [2.45, 2.75) is 6.54 Å². The van der Waals surface area contributed by atoms with Crippen LogP contribution in [0, 0.1) is 11.6 Å². The van der Waals surface area contributed by atoms with Crippen LogP contribution < -0.4 is 5.32 Å². The molecule has 0 atom stereocenters. The van der Waals surface area contributed by atoms with Crippen LogP contribution in [0.2, 0.25) is 0 Å². The van der Waals surface area contributed by atoms with E-state index in [9.17, 15) is 8.78 Å². The topological polar surface area (TPSA) is 76.5 Å². The smallest absolute Gasteiger partial charge is 0.182 e. The highest BCUT2D eigenvalue weighted by Gasteiger charge is 2.14. The van der Waals surface area contributed by atoms with Gasteiger partial charge in [0, 0.05) is 29.5 Å². The lowest BCUT2D eigenvalue weighted by atomic mass is 10.0. The number of aromatic nitrogens is 5. The number of benzene rings is 2. The molecule has 0 aliphatic carbocycles. The molecule has 0 aliphatic heterocycles.